The number of carbonyl (C=O) groups excluding carboxylic acids is 2. The van der Waals surface area contributed by atoms with Crippen LogP contribution in [0.25, 0.3) is 10.8 Å². The predicted octanol–water partition coefficient (Wildman–Crippen LogP) is 2.66. The zero-order valence-electron chi connectivity index (χ0n) is 16.3. The Balaban J connectivity index is 2.35. The van der Waals surface area contributed by atoms with Gasteiger partial charge in [0, 0.05) is 18.0 Å². The molecule has 7 heteroatoms. The van der Waals surface area contributed by atoms with E-state index in [0.29, 0.717) is 17.3 Å². The molecule has 2 aromatic rings. The number of hydrogen-bond acceptors (Lipinski definition) is 5. The van der Waals surface area contributed by atoms with Gasteiger partial charge in [0.25, 0.3) is 11.5 Å². The van der Waals surface area contributed by atoms with Crippen LogP contribution in [0.15, 0.2) is 29.1 Å². The number of amides is 1. The summed E-state index contributed by atoms with van der Waals surface area (Å²) in [5.41, 5.74) is -0.185. The molecular formula is C20H27N3O4. The largest absolute Gasteiger partial charge is 0.448 e. The van der Waals surface area contributed by atoms with Crippen LogP contribution in [-0.4, -0.2) is 33.8 Å². The maximum atomic E-state index is 12.7. The Morgan fingerprint density at radius 2 is 1.81 bits per heavy atom. The van der Waals surface area contributed by atoms with Crippen molar-refractivity contribution in [1.82, 2.24) is 15.1 Å². The molecule has 0 aliphatic rings. The molecule has 2 rings (SSSR count). The maximum absolute atomic E-state index is 12.7. The first-order valence-corrected chi connectivity index (χ1v) is 9.36. The highest BCUT2D eigenvalue weighted by molar-refractivity contribution is 6.02. The number of aromatic nitrogens is 2. The molecule has 0 aliphatic carbocycles. The SMILES string of the molecule is CCCCCn1nc(C(=O)OC(C)C(=O)NC(C)C)c2ccccc2c1=O. The third kappa shape index (κ3) is 5.15. The van der Waals surface area contributed by atoms with Crippen molar-refractivity contribution in [2.45, 2.75) is 65.6 Å². The van der Waals surface area contributed by atoms with Gasteiger partial charge in [-0.15, -0.1) is 0 Å². The molecule has 1 amide bonds. The van der Waals surface area contributed by atoms with Gasteiger partial charge in [0.05, 0.1) is 5.39 Å². The van der Waals surface area contributed by atoms with Crippen molar-refractivity contribution in [2.75, 3.05) is 0 Å². The van der Waals surface area contributed by atoms with Gasteiger partial charge < -0.3 is 10.1 Å². The molecule has 0 bridgehead atoms. The van der Waals surface area contributed by atoms with Crippen molar-refractivity contribution in [3.63, 3.8) is 0 Å². The normalized spacial score (nSPS) is 12.2. The number of ether oxygens (including phenoxy) is 1. The highest BCUT2D eigenvalue weighted by atomic mass is 16.5. The van der Waals surface area contributed by atoms with Gasteiger partial charge in [-0.1, -0.05) is 38.0 Å². The Kier molecular flexibility index (Phi) is 7.10. The number of nitrogens with zero attached hydrogens (tertiary/aromatic N) is 2. The molecule has 1 unspecified atom stereocenters. The van der Waals surface area contributed by atoms with Crippen molar-refractivity contribution in [2.24, 2.45) is 0 Å². The van der Waals surface area contributed by atoms with E-state index < -0.39 is 12.1 Å². The van der Waals surface area contributed by atoms with Crippen LogP contribution in [0.1, 0.15) is 57.4 Å². The van der Waals surface area contributed by atoms with E-state index in [-0.39, 0.29) is 23.2 Å². The first-order valence-electron chi connectivity index (χ1n) is 9.36. The Hall–Kier alpha value is -2.70. The van der Waals surface area contributed by atoms with E-state index in [9.17, 15) is 14.4 Å². The Labute approximate surface area is 158 Å². The van der Waals surface area contributed by atoms with E-state index in [2.05, 4.69) is 17.3 Å². The molecule has 146 valence electrons. The van der Waals surface area contributed by atoms with Crippen LogP contribution in [0.5, 0.6) is 0 Å². The summed E-state index contributed by atoms with van der Waals surface area (Å²) in [6, 6.07) is 6.75. The molecular weight excluding hydrogens is 346 g/mol. The van der Waals surface area contributed by atoms with E-state index in [1.165, 1.54) is 11.6 Å². The second-order valence-corrected chi connectivity index (χ2v) is 6.84. The summed E-state index contributed by atoms with van der Waals surface area (Å²) in [6.07, 6.45) is 1.82. The molecule has 0 radical (unpaired) electrons. The van der Waals surface area contributed by atoms with Crippen molar-refractivity contribution in [3.05, 3.63) is 40.3 Å². The molecule has 0 fully saturated rings. The fourth-order valence-electron chi connectivity index (χ4n) is 2.72. The average Bonchev–Trinajstić information content (AvgIpc) is 2.63. The molecule has 27 heavy (non-hydrogen) atoms. The Morgan fingerprint density at radius 3 is 2.44 bits per heavy atom. The number of carbonyl (C=O) groups is 2. The topological polar surface area (TPSA) is 90.3 Å². The Bertz CT molecular complexity index is 873. The molecule has 1 heterocycles. The molecule has 0 saturated carbocycles. The lowest BCUT2D eigenvalue weighted by atomic mass is 10.1. The monoisotopic (exact) mass is 373 g/mol. The van der Waals surface area contributed by atoms with Gasteiger partial charge in [-0.25, -0.2) is 9.48 Å². The van der Waals surface area contributed by atoms with Gasteiger partial charge >= 0.3 is 5.97 Å². The third-order valence-corrected chi connectivity index (χ3v) is 4.12. The van der Waals surface area contributed by atoms with Gasteiger partial charge in [0.15, 0.2) is 11.8 Å². The summed E-state index contributed by atoms with van der Waals surface area (Å²) in [4.78, 5) is 37.3. The molecule has 7 nitrogen and oxygen atoms in total. The lowest BCUT2D eigenvalue weighted by Gasteiger charge is -2.16. The molecule has 1 N–H and O–H groups in total. The zero-order chi connectivity index (χ0) is 20.0. The standard InChI is InChI=1S/C20H27N3O4/c1-5-6-9-12-23-19(25)16-11-8-7-10-15(16)17(22-23)20(26)27-14(4)18(24)21-13(2)3/h7-8,10-11,13-14H,5-6,9,12H2,1-4H3,(H,21,24). The van der Waals surface area contributed by atoms with Crippen molar-refractivity contribution in [1.29, 1.82) is 0 Å². The van der Waals surface area contributed by atoms with Gasteiger partial charge in [-0.05, 0) is 33.3 Å². The average molecular weight is 373 g/mol. The number of benzene rings is 1. The zero-order valence-corrected chi connectivity index (χ0v) is 16.3. The molecule has 1 aromatic carbocycles. The van der Waals surface area contributed by atoms with Crippen molar-refractivity contribution >= 4 is 22.6 Å². The summed E-state index contributed by atoms with van der Waals surface area (Å²) < 4.78 is 6.61. The second-order valence-electron chi connectivity index (χ2n) is 6.84. The molecule has 1 aromatic heterocycles. The minimum absolute atomic E-state index is 0.0471. The minimum atomic E-state index is -0.957. The number of nitrogens with one attached hydrogen (secondary N) is 1. The van der Waals surface area contributed by atoms with Crippen molar-refractivity contribution < 1.29 is 14.3 Å². The quantitative estimate of drug-likeness (QED) is 0.567. The summed E-state index contributed by atoms with van der Waals surface area (Å²) in [5, 5.41) is 7.78. The van der Waals surface area contributed by atoms with E-state index >= 15 is 0 Å². The summed E-state index contributed by atoms with van der Waals surface area (Å²) in [6.45, 7) is 7.67. The summed E-state index contributed by atoms with van der Waals surface area (Å²) in [7, 11) is 0. The first-order chi connectivity index (χ1) is 12.8. The van der Waals surface area contributed by atoms with Gasteiger partial charge in [-0.3, -0.25) is 9.59 Å². The smallest absolute Gasteiger partial charge is 0.360 e. The fraction of sp³-hybridized carbons (Fsp3) is 0.500. The first kappa shape index (κ1) is 20.6. The van der Waals surface area contributed by atoms with Crippen LogP contribution < -0.4 is 10.9 Å². The van der Waals surface area contributed by atoms with E-state index in [0.717, 1.165) is 19.3 Å². The maximum Gasteiger partial charge on any atom is 0.360 e. The number of aryl methyl sites for hydroxylation is 1. The van der Waals surface area contributed by atoms with Crippen LogP contribution in [0, 0.1) is 0 Å². The van der Waals surface area contributed by atoms with Crippen LogP contribution >= 0.6 is 0 Å². The van der Waals surface area contributed by atoms with Crippen LogP contribution in [-0.2, 0) is 16.1 Å². The predicted molar refractivity (Wildman–Crippen MR) is 104 cm³/mol. The van der Waals surface area contributed by atoms with Gasteiger partial charge in [-0.2, -0.15) is 5.10 Å². The van der Waals surface area contributed by atoms with Crippen molar-refractivity contribution in [3.8, 4) is 0 Å². The van der Waals surface area contributed by atoms with Gasteiger partial charge in [0.2, 0.25) is 0 Å². The lowest BCUT2D eigenvalue weighted by Crippen LogP contribution is -2.39. The molecule has 0 aliphatic heterocycles. The minimum Gasteiger partial charge on any atom is -0.448 e. The van der Waals surface area contributed by atoms with E-state index in [1.807, 2.05) is 13.8 Å². The highest BCUT2D eigenvalue weighted by Crippen LogP contribution is 2.15. The van der Waals surface area contributed by atoms with E-state index in [1.54, 1.807) is 24.3 Å². The van der Waals surface area contributed by atoms with Crippen LogP contribution in [0.3, 0.4) is 0 Å². The third-order valence-electron chi connectivity index (χ3n) is 4.12. The molecule has 0 spiro atoms. The summed E-state index contributed by atoms with van der Waals surface area (Å²) in [5.74, 6) is -1.10. The molecule has 1 atom stereocenters. The number of esters is 1. The number of rotatable bonds is 8. The van der Waals surface area contributed by atoms with E-state index in [4.69, 9.17) is 4.74 Å². The number of hydrogen-bond donors (Lipinski definition) is 1. The fourth-order valence-corrected chi connectivity index (χ4v) is 2.72. The van der Waals surface area contributed by atoms with Crippen LogP contribution in [0.2, 0.25) is 0 Å². The van der Waals surface area contributed by atoms with Gasteiger partial charge in [0.1, 0.15) is 0 Å². The number of unbranched alkanes of at least 4 members (excludes halogenated alkanes) is 2. The van der Waals surface area contributed by atoms with Crippen LogP contribution in [0.4, 0.5) is 0 Å². The second kappa shape index (κ2) is 9.30. The summed E-state index contributed by atoms with van der Waals surface area (Å²) >= 11 is 0. The number of fused-ring (bicyclic) bond motifs is 1. The highest BCUT2D eigenvalue weighted by Gasteiger charge is 2.23. The molecule has 0 saturated heterocycles. The Morgan fingerprint density at radius 1 is 1.15 bits per heavy atom. The lowest BCUT2D eigenvalue weighted by molar-refractivity contribution is -0.129.